The van der Waals surface area contributed by atoms with Crippen LogP contribution in [-0.2, 0) is 14.8 Å². The molecule has 0 saturated heterocycles. The van der Waals surface area contributed by atoms with E-state index in [1.165, 1.54) is 29.8 Å². The van der Waals surface area contributed by atoms with Crippen molar-refractivity contribution in [1.29, 1.82) is 0 Å². The first-order valence-electron chi connectivity index (χ1n) is 10.8. The monoisotopic (exact) mass is 518 g/mol. The van der Waals surface area contributed by atoms with Crippen LogP contribution in [0.5, 0.6) is 5.75 Å². The minimum Gasteiger partial charge on any atom is -0.492 e. The fourth-order valence-corrected chi connectivity index (χ4v) is 5.48. The highest BCUT2D eigenvalue weighted by Gasteiger charge is 2.29. The van der Waals surface area contributed by atoms with Gasteiger partial charge < -0.3 is 10.1 Å². The number of thioether (sulfide) groups is 1. The Morgan fingerprint density at radius 2 is 1.71 bits per heavy atom. The van der Waals surface area contributed by atoms with Gasteiger partial charge in [-0.15, -0.1) is 11.8 Å². The number of benzene rings is 3. The van der Waals surface area contributed by atoms with E-state index in [1.54, 1.807) is 36.0 Å². The van der Waals surface area contributed by atoms with Gasteiger partial charge in [-0.3, -0.25) is 9.10 Å². The number of rotatable bonds is 11. The Hall–Kier alpha value is -2.68. The quantitative estimate of drug-likeness (QED) is 0.280. The molecule has 0 bridgehead atoms. The lowest BCUT2D eigenvalue weighted by Gasteiger charge is -2.26. The lowest BCUT2D eigenvalue weighted by molar-refractivity contribution is -0.119. The van der Waals surface area contributed by atoms with Crippen molar-refractivity contribution in [2.45, 2.75) is 23.6 Å². The fourth-order valence-electron chi connectivity index (χ4n) is 3.15. The van der Waals surface area contributed by atoms with E-state index >= 15 is 0 Å². The first-order chi connectivity index (χ1) is 16.3. The van der Waals surface area contributed by atoms with Crippen molar-refractivity contribution in [2.75, 3.05) is 29.8 Å². The SMILES string of the molecule is CCOc1ccccc1N(CC(=O)NCCSc1ccc(C)cc1)S(=O)(=O)c1ccc(Cl)cc1. The Morgan fingerprint density at radius 1 is 1.03 bits per heavy atom. The number of para-hydroxylation sites is 2. The van der Waals surface area contributed by atoms with Crippen LogP contribution in [0, 0.1) is 6.92 Å². The van der Waals surface area contributed by atoms with E-state index in [0.29, 0.717) is 35.4 Å². The highest BCUT2D eigenvalue weighted by Crippen LogP contribution is 2.32. The topological polar surface area (TPSA) is 75.7 Å². The third-order valence-corrected chi connectivity index (χ3v) is 7.88. The summed E-state index contributed by atoms with van der Waals surface area (Å²) < 4.78 is 33.8. The number of sulfonamides is 1. The van der Waals surface area contributed by atoms with Crippen molar-refractivity contribution in [3.63, 3.8) is 0 Å². The number of carbonyl (C=O) groups is 1. The number of anilines is 1. The summed E-state index contributed by atoms with van der Waals surface area (Å²) in [6.45, 7) is 4.22. The molecular weight excluding hydrogens is 492 g/mol. The van der Waals surface area contributed by atoms with E-state index in [9.17, 15) is 13.2 Å². The molecule has 1 N–H and O–H groups in total. The van der Waals surface area contributed by atoms with Gasteiger partial charge in [0.25, 0.3) is 10.0 Å². The summed E-state index contributed by atoms with van der Waals surface area (Å²) in [6.07, 6.45) is 0. The van der Waals surface area contributed by atoms with Gasteiger partial charge in [-0.25, -0.2) is 8.42 Å². The first kappa shape index (κ1) is 25.9. The summed E-state index contributed by atoms with van der Waals surface area (Å²) >= 11 is 7.56. The third-order valence-electron chi connectivity index (χ3n) is 4.84. The van der Waals surface area contributed by atoms with Crippen molar-refractivity contribution in [2.24, 2.45) is 0 Å². The molecule has 9 heteroatoms. The predicted molar refractivity (Wildman–Crippen MR) is 139 cm³/mol. The van der Waals surface area contributed by atoms with Crippen molar-refractivity contribution in [1.82, 2.24) is 5.32 Å². The van der Waals surface area contributed by atoms with Crippen LogP contribution in [0.15, 0.2) is 82.6 Å². The van der Waals surface area contributed by atoms with Crippen LogP contribution >= 0.6 is 23.4 Å². The van der Waals surface area contributed by atoms with Gasteiger partial charge in [0.05, 0.1) is 17.2 Å². The molecule has 0 aliphatic carbocycles. The Kier molecular flexibility index (Phi) is 9.27. The van der Waals surface area contributed by atoms with Gasteiger partial charge in [0.2, 0.25) is 5.91 Å². The number of nitrogens with zero attached hydrogens (tertiary/aromatic N) is 1. The number of amides is 1. The lowest BCUT2D eigenvalue weighted by atomic mass is 10.2. The molecule has 0 aliphatic heterocycles. The van der Waals surface area contributed by atoms with E-state index in [-0.39, 0.29) is 11.4 Å². The summed E-state index contributed by atoms with van der Waals surface area (Å²) in [6, 6.07) is 20.8. The Labute approximate surface area is 210 Å². The number of aryl methyl sites for hydroxylation is 1. The average Bonchev–Trinajstić information content (AvgIpc) is 2.82. The van der Waals surface area contributed by atoms with E-state index in [0.717, 1.165) is 9.20 Å². The number of nitrogens with one attached hydrogen (secondary N) is 1. The summed E-state index contributed by atoms with van der Waals surface area (Å²) in [5.74, 6) is 0.632. The van der Waals surface area contributed by atoms with Crippen LogP contribution in [0.1, 0.15) is 12.5 Å². The van der Waals surface area contributed by atoms with E-state index < -0.39 is 15.9 Å². The van der Waals surface area contributed by atoms with Crippen molar-refractivity contribution in [3.05, 3.63) is 83.4 Å². The molecule has 1 amide bonds. The molecule has 0 aromatic heterocycles. The van der Waals surface area contributed by atoms with Crippen molar-refractivity contribution >= 4 is 45.0 Å². The average molecular weight is 519 g/mol. The number of carbonyl (C=O) groups excluding carboxylic acids is 1. The third kappa shape index (κ3) is 6.91. The van der Waals surface area contributed by atoms with Crippen LogP contribution < -0.4 is 14.4 Å². The summed E-state index contributed by atoms with van der Waals surface area (Å²) in [7, 11) is -4.06. The largest absolute Gasteiger partial charge is 0.492 e. The second-order valence-electron chi connectivity index (χ2n) is 7.38. The molecule has 0 unspecified atom stereocenters. The minimum atomic E-state index is -4.06. The zero-order valence-electron chi connectivity index (χ0n) is 19.0. The van der Waals surface area contributed by atoms with Gasteiger partial charge in [0, 0.05) is 22.2 Å². The molecule has 0 fully saturated rings. The number of hydrogen-bond acceptors (Lipinski definition) is 5. The molecule has 0 radical (unpaired) electrons. The van der Waals surface area contributed by atoms with Crippen LogP contribution in [-0.4, -0.2) is 39.8 Å². The van der Waals surface area contributed by atoms with Gasteiger partial charge in [-0.1, -0.05) is 41.4 Å². The molecular formula is C25H27ClN2O4S2. The molecule has 34 heavy (non-hydrogen) atoms. The van der Waals surface area contributed by atoms with E-state index in [4.69, 9.17) is 16.3 Å². The zero-order valence-corrected chi connectivity index (χ0v) is 21.4. The van der Waals surface area contributed by atoms with Crippen LogP contribution in [0.4, 0.5) is 5.69 Å². The maximum absolute atomic E-state index is 13.5. The molecule has 3 rings (SSSR count). The Morgan fingerprint density at radius 3 is 2.38 bits per heavy atom. The molecule has 0 heterocycles. The molecule has 3 aromatic rings. The molecule has 6 nitrogen and oxygen atoms in total. The molecule has 0 saturated carbocycles. The second kappa shape index (κ2) is 12.1. The molecule has 3 aromatic carbocycles. The fraction of sp³-hybridized carbons (Fsp3) is 0.240. The molecule has 0 atom stereocenters. The number of ether oxygens (including phenoxy) is 1. The second-order valence-corrected chi connectivity index (χ2v) is 10.8. The lowest BCUT2D eigenvalue weighted by Crippen LogP contribution is -2.41. The van der Waals surface area contributed by atoms with E-state index in [2.05, 4.69) is 5.32 Å². The number of halogens is 1. The smallest absolute Gasteiger partial charge is 0.264 e. The Bertz CT molecular complexity index is 1200. The normalized spacial score (nSPS) is 11.1. The highest BCUT2D eigenvalue weighted by molar-refractivity contribution is 7.99. The van der Waals surface area contributed by atoms with Crippen LogP contribution in [0.25, 0.3) is 0 Å². The first-order valence-corrected chi connectivity index (χ1v) is 13.6. The Balaban J connectivity index is 1.76. The predicted octanol–water partition coefficient (Wildman–Crippen LogP) is 5.15. The van der Waals surface area contributed by atoms with Gasteiger partial charge in [-0.05, 0) is 62.4 Å². The van der Waals surface area contributed by atoms with Gasteiger partial charge in [0.1, 0.15) is 12.3 Å². The standard InChI is InChI=1S/C25H27ClN2O4S2/c1-3-32-24-7-5-4-6-23(24)28(34(30,31)22-14-10-20(26)11-15-22)18-25(29)27-16-17-33-21-12-8-19(2)9-13-21/h4-15H,3,16-18H2,1-2H3,(H,27,29). The molecule has 0 spiro atoms. The van der Waals surface area contributed by atoms with E-state index in [1.807, 2.05) is 38.1 Å². The van der Waals surface area contributed by atoms with Crippen LogP contribution in [0.2, 0.25) is 5.02 Å². The van der Waals surface area contributed by atoms with Crippen LogP contribution in [0.3, 0.4) is 0 Å². The van der Waals surface area contributed by atoms with Crippen molar-refractivity contribution < 1.29 is 17.9 Å². The van der Waals surface area contributed by atoms with Gasteiger partial charge >= 0.3 is 0 Å². The maximum Gasteiger partial charge on any atom is 0.264 e. The summed E-state index contributed by atoms with van der Waals surface area (Å²) in [5.41, 5.74) is 1.48. The summed E-state index contributed by atoms with van der Waals surface area (Å²) in [4.78, 5) is 13.9. The summed E-state index contributed by atoms with van der Waals surface area (Å²) in [5, 5.41) is 3.24. The minimum absolute atomic E-state index is 0.0333. The zero-order chi connectivity index (χ0) is 24.6. The maximum atomic E-state index is 13.5. The molecule has 0 aliphatic rings. The highest BCUT2D eigenvalue weighted by atomic mass is 35.5. The van der Waals surface area contributed by atoms with Gasteiger partial charge in [0.15, 0.2) is 0 Å². The molecule has 180 valence electrons. The number of hydrogen-bond donors (Lipinski definition) is 1. The van der Waals surface area contributed by atoms with Crippen molar-refractivity contribution in [3.8, 4) is 5.75 Å². The van der Waals surface area contributed by atoms with Gasteiger partial charge in [-0.2, -0.15) is 0 Å².